The van der Waals surface area contributed by atoms with Gasteiger partial charge >= 0.3 is 0 Å². The first-order valence-corrected chi connectivity index (χ1v) is 11.4. The molecule has 1 fully saturated rings. The summed E-state index contributed by atoms with van der Waals surface area (Å²) in [7, 11) is -3.82. The summed E-state index contributed by atoms with van der Waals surface area (Å²) in [5, 5.41) is 23.1. The SMILES string of the molecule is Cc1ccc([N+](=O)[O-])cc1S(=O)(=O)N1CCC(c2nnc(-c3ccsc3)o2)CC1. The molecule has 152 valence electrons. The minimum atomic E-state index is -3.82. The molecule has 3 heterocycles. The van der Waals surface area contributed by atoms with Crippen molar-refractivity contribution < 1.29 is 17.8 Å². The average Bonchev–Trinajstić information content (AvgIpc) is 3.40. The van der Waals surface area contributed by atoms with Gasteiger partial charge in [0.1, 0.15) is 0 Å². The van der Waals surface area contributed by atoms with E-state index in [1.165, 1.54) is 16.4 Å². The van der Waals surface area contributed by atoms with Crippen molar-refractivity contribution in [2.24, 2.45) is 0 Å². The summed E-state index contributed by atoms with van der Waals surface area (Å²) in [6.07, 6.45) is 1.08. The number of nitrogens with zero attached hydrogens (tertiary/aromatic N) is 4. The quantitative estimate of drug-likeness (QED) is 0.444. The number of sulfonamides is 1. The first kappa shape index (κ1) is 19.7. The Morgan fingerprint density at radius 2 is 2.00 bits per heavy atom. The molecule has 0 bridgehead atoms. The molecule has 3 aromatic rings. The Bertz CT molecular complexity index is 1130. The Balaban J connectivity index is 1.49. The van der Waals surface area contributed by atoms with Crippen molar-refractivity contribution in [1.82, 2.24) is 14.5 Å². The highest BCUT2D eigenvalue weighted by Crippen LogP contribution is 2.33. The van der Waals surface area contributed by atoms with E-state index in [4.69, 9.17) is 4.42 Å². The summed E-state index contributed by atoms with van der Waals surface area (Å²) in [6, 6.07) is 5.80. The van der Waals surface area contributed by atoms with Crippen LogP contribution in [-0.4, -0.2) is 40.9 Å². The van der Waals surface area contributed by atoms with E-state index in [2.05, 4.69) is 10.2 Å². The van der Waals surface area contributed by atoms with Gasteiger partial charge in [-0.1, -0.05) is 6.07 Å². The number of aromatic nitrogens is 2. The zero-order chi connectivity index (χ0) is 20.6. The van der Waals surface area contributed by atoms with Gasteiger partial charge in [0.2, 0.25) is 21.8 Å². The van der Waals surface area contributed by atoms with Gasteiger partial charge in [0.25, 0.3) is 5.69 Å². The first-order valence-electron chi connectivity index (χ1n) is 8.97. The monoisotopic (exact) mass is 434 g/mol. The predicted molar refractivity (Wildman–Crippen MR) is 106 cm³/mol. The van der Waals surface area contributed by atoms with Crippen molar-refractivity contribution in [2.75, 3.05) is 13.1 Å². The lowest BCUT2D eigenvalue weighted by Crippen LogP contribution is -2.38. The number of benzene rings is 1. The largest absolute Gasteiger partial charge is 0.420 e. The summed E-state index contributed by atoms with van der Waals surface area (Å²) in [4.78, 5) is 10.4. The molecule has 4 rings (SSSR count). The van der Waals surface area contributed by atoms with Crippen LogP contribution >= 0.6 is 11.3 Å². The molecule has 9 nitrogen and oxygen atoms in total. The third-order valence-corrected chi connectivity index (χ3v) is 7.74. The fourth-order valence-corrected chi connectivity index (χ4v) is 5.71. The van der Waals surface area contributed by atoms with Crippen molar-refractivity contribution in [1.29, 1.82) is 0 Å². The number of piperidine rings is 1. The number of nitro benzene ring substituents is 1. The Kier molecular flexibility index (Phi) is 5.19. The van der Waals surface area contributed by atoms with Gasteiger partial charge in [-0.25, -0.2) is 8.42 Å². The van der Waals surface area contributed by atoms with Gasteiger partial charge < -0.3 is 4.42 Å². The number of nitro groups is 1. The van der Waals surface area contributed by atoms with Gasteiger partial charge in [0, 0.05) is 42.1 Å². The van der Waals surface area contributed by atoms with Crippen molar-refractivity contribution in [3.05, 3.63) is 56.6 Å². The predicted octanol–water partition coefficient (Wildman–Crippen LogP) is 3.58. The van der Waals surface area contributed by atoms with E-state index in [0.717, 1.165) is 11.6 Å². The number of rotatable bonds is 5. The van der Waals surface area contributed by atoms with Crippen LogP contribution in [-0.2, 0) is 10.0 Å². The molecule has 1 saturated heterocycles. The smallest absolute Gasteiger partial charge is 0.270 e. The summed E-state index contributed by atoms with van der Waals surface area (Å²) in [5.41, 5.74) is 1.11. The number of hydrogen-bond acceptors (Lipinski definition) is 8. The Hall–Kier alpha value is -2.63. The second kappa shape index (κ2) is 7.65. The molecule has 0 unspecified atom stereocenters. The molecule has 0 N–H and O–H groups in total. The van der Waals surface area contributed by atoms with Gasteiger partial charge in [-0.2, -0.15) is 15.6 Å². The fourth-order valence-electron chi connectivity index (χ4n) is 3.36. The van der Waals surface area contributed by atoms with E-state index in [9.17, 15) is 18.5 Å². The lowest BCUT2D eigenvalue weighted by Gasteiger charge is -2.30. The second-order valence-corrected chi connectivity index (χ2v) is 9.53. The van der Waals surface area contributed by atoms with E-state index in [0.29, 0.717) is 30.2 Å². The van der Waals surface area contributed by atoms with Crippen LogP contribution in [0.5, 0.6) is 0 Å². The normalized spacial score (nSPS) is 16.2. The zero-order valence-corrected chi connectivity index (χ0v) is 17.1. The van der Waals surface area contributed by atoms with Crippen LogP contribution in [0.1, 0.15) is 30.2 Å². The molecule has 1 aromatic carbocycles. The minimum Gasteiger partial charge on any atom is -0.420 e. The fraction of sp³-hybridized carbons (Fsp3) is 0.333. The highest BCUT2D eigenvalue weighted by molar-refractivity contribution is 7.89. The van der Waals surface area contributed by atoms with Gasteiger partial charge in [-0.3, -0.25) is 10.1 Å². The summed E-state index contributed by atoms with van der Waals surface area (Å²) < 4.78 is 33.2. The third-order valence-electron chi connectivity index (χ3n) is 5.01. The molecule has 0 saturated carbocycles. The minimum absolute atomic E-state index is 0.0208. The van der Waals surface area contributed by atoms with Crippen LogP contribution in [0.2, 0.25) is 0 Å². The molecule has 1 aliphatic rings. The molecule has 0 spiro atoms. The van der Waals surface area contributed by atoms with Crippen molar-refractivity contribution in [3.63, 3.8) is 0 Å². The van der Waals surface area contributed by atoms with Crippen LogP contribution in [0.25, 0.3) is 11.5 Å². The van der Waals surface area contributed by atoms with E-state index >= 15 is 0 Å². The molecule has 2 aromatic heterocycles. The zero-order valence-electron chi connectivity index (χ0n) is 15.5. The summed E-state index contributed by atoms with van der Waals surface area (Å²) in [5.74, 6) is 0.950. The van der Waals surface area contributed by atoms with Gasteiger partial charge in [0.05, 0.1) is 9.82 Å². The van der Waals surface area contributed by atoms with E-state index in [1.54, 1.807) is 18.3 Å². The number of hydrogen-bond donors (Lipinski definition) is 0. The molecule has 0 radical (unpaired) electrons. The highest BCUT2D eigenvalue weighted by atomic mass is 32.2. The first-order chi connectivity index (χ1) is 13.9. The summed E-state index contributed by atoms with van der Waals surface area (Å²) in [6.45, 7) is 2.20. The number of thiophene rings is 1. The number of aryl methyl sites for hydroxylation is 1. The molecule has 1 aliphatic heterocycles. The molecular formula is C18H18N4O5S2. The maximum Gasteiger partial charge on any atom is 0.270 e. The average molecular weight is 434 g/mol. The van der Waals surface area contributed by atoms with Gasteiger partial charge in [0.15, 0.2) is 0 Å². The Morgan fingerprint density at radius 1 is 1.24 bits per heavy atom. The van der Waals surface area contributed by atoms with Crippen LogP contribution in [0, 0.1) is 17.0 Å². The Labute approximate surface area is 171 Å². The molecule has 0 amide bonds. The van der Waals surface area contributed by atoms with Gasteiger partial charge in [-0.05, 0) is 36.8 Å². The highest BCUT2D eigenvalue weighted by Gasteiger charge is 2.33. The van der Waals surface area contributed by atoms with Crippen LogP contribution in [0.15, 0.2) is 44.3 Å². The van der Waals surface area contributed by atoms with Gasteiger partial charge in [-0.15, -0.1) is 10.2 Å². The molecule has 0 aliphatic carbocycles. The Morgan fingerprint density at radius 3 is 2.66 bits per heavy atom. The summed E-state index contributed by atoms with van der Waals surface area (Å²) >= 11 is 1.54. The second-order valence-electron chi connectivity index (χ2n) is 6.84. The van der Waals surface area contributed by atoms with Crippen molar-refractivity contribution in [2.45, 2.75) is 30.6 Å². The van der Waals surface area contributed by atoms with Crippen LogP contribution < -0.4 is 0 Å². The maximum atomic E-state index is 13.0. The lowest BCUT2D eigenvalue weighted by atomic mass is 9.98. The van der Waals surface area contributed by atoms with Crippen LogP contribution in [0.3, 0.4) is 0 Å². The van der Waals surface area contributed by atoms with E-state index in [-0.39, 0.29) is 29.6 Å². The van der Waals surface area contributed by atoms with Crippen LogP contribution in [0.4, 0.5) is 5.69 Å². The molecule has 29 heavy (non-hydrogen) atoms. The van der Waals surface area contributed by atoms with E-state index in [1.807, 2.05) is 16.8 Å². The molecule has 11 heteroatoms. The maximum absolute atomic E-state index is 13.0. The molecule has 0 atom stereocenters. The topological polar surface area (TPSA) is 119 Å². The van der Waals surface area contributed by atoms with Crippen molar-refractivity contribution in [3.8, 4) is 11.5 Å². The lowest BCUT2D eigenvalue weighted by molar-refractivity contribution is -0.385. The van der Waals surface area contributed by atoms with Crippen molar-refractivity contribution >= 4 is 27.0 Å². The molecular weight excluding hydrogens is 416 g/mol. The number of non-ortho nitro benzene ring substituents is 1. The van der Waals surface area contributed by atoms with E-state index < -0.39 is 14.9 Å². The standard InChI is InChI=1S/C18H18N4O5S2/c1-12-2-3-15(22(23)24)10-16(12)29(25,26)21-7-4-13(5-8-21)17-19-20-18(27-17)14-6-9-28-11-14/h2-3,6,9-11,13H,4-5,7-8H2,1H3. The third kappa shape index (κ3) is 3.80.